The molecular weight excluding hydrogens is 175 g/mol. The van der Waals surface area contributed by atoms with Crippen LogP contribution in [0.5, 0.6) is 0 Å². The SMILES string of the molecule is [CH]1[CH][CH][CH][CH]1.[In+]. The van der Waals surface area contributed by atoms with E-state index in [1.54, 1.807) is 0 Å². The van der Waals surface area contributed by atoms with E-state index < -0.39 is 0 Å². The summed E-state index contributed by atoms with van der Waals surface area (Å²) in [6.45, 7) is 0. The summed E-state index contributed by atoms with van der Waals surface area (Å²) in [6.07, 6.45) is 10.0. The quantitative estimate of drug-likeness (QED) is 0.513. The van der Waals surface area contributed by atoms with Gasteiger partial charge in [0.05, 0.1) is 0 Å². The first-order chi connectivity index (χ1) is 2.50. The van der Waals surface area contributed by atoms with Crippen LogP contribution in [0.2, 0.25) is 0 Å². The molecule has 0 heterocycles. The normalized spacial score (nSPS) is 20.0. The Morgan fingerprint density at radius 1 is 0.500 bits per heavy atom. The average molecular weight is 180 g/mol. The molecule has 1 aliphatic rings. The van der Waals surface area contributed by atoms with Crippen molar-refractivity contribution in [2.24, 2.45) is 0 Å². The molecule has 0 aromatic carbocycles. The third kappa shape index (κ3) is 2.12. The molecule has 0 unspecified atom stereocenters. The summed E-state index contributed by atoms with van der Waals surface area (Å²) in [6, 6.07) is 0. The molecule has 1 rings (SSSR count). The minimum Gasteiger partial charge on any atom is -0.0312 e. The Morgan fingerprint density at radius 3 is 0.833 bits per heavy atom. The van der Waals surface area contributed by atoms with Crippen molar-refractivity contribution < 1.29 is 0 Å². The zero-order chi connectivity index (χ0) is 3.54. The van der Waals surface area contributed by atoms with Gasteiger partial charge in [-0.15, -0.1) is 0 Å². The Hall–Kier alpha value is 0.870. The molecule has 0 N–H and O–H groups in total. The van der Waals surface area contributed by atoms with Crippen molar-refractivity contribution in [2.75, 3.05) is 0 Å². The van der Waals surface area contributed by atoms with Crippen LogP contribution >= 0.6 is 0 Å². The Balaban J connectivity index is 0.000000250. The van der Waals surface area contributed by atoms with Crippen molar-refractivity contribution in [1.29, 1.82) is 0 Å². The van der Waals surface area contributed by atoms with Crippen LogP contribution in [0.1, 0.15) is 0 Å². The molecule has 1 aliphatic carbocycles. The van der Waals surface area contributed by atoms with Crippen LogP contribution in [0, 0.1) is 32.1 Å². The van der Waals surface area contributed by atoms with Crippen LogP contribution < -0.4 is 0 Å². The summed E-state index contributed by atoms with van der Waals surface area (Å²) in [7, 11) is 0. The molecule has 27 valence electrons. The molecule has 0 spiro atoms. The second-order valence-corrected chi connectivity index (χ2v) is 0.962. The largest absolute Gasteiger partial charge is 1.00 e. The van der Waals surface area contributed by atoms with Crippen molar-refractivity contribution in [1.82, 2.24) is 0 Å². The van der Waals surface area contributed by atoms with E-state index >= 15 is 0 Å². The van der Waals surface area contributed by atoms with E-state index in [0.29, 0.717) is 0 Å². The number of hydrogen-bond donors (Lipinski definition) is 0. The van der Waals surface area contributed by atoms with E-state index in [-0.39, 0.29) is 25.8 Å². The van der Waals surface area contributed by atoms with Gasteiger partial charge in [-0.25, -0.2) is 0 Å². The van der Waals surface area contributed by atoms with Crippen LogP contribution in [0.25, 0.3) is 0 Å². The van der Waals surface area contributed by atoms with Crippen molar-refractivity contribution in [3.63, 3.8) is 0 Å². The van der Waals surface area contributed by atoms with Gasteiger partial charge in [-0.2, -0.15) is 0 Å². The van der Waals surface area contributed by atoms with Crippen molar-refractivity contribution in [2.45, 2.75) is 0 Å². The van der Waals surface area contributed by atoms with Crippen molar-refractivity contribution in [3.05, 3.63) is 32.1 Å². The van der Waals surface area contributed by atoms with Crippen LogP contribution in [0.15, 0.2) is 0 Å². The minimum atomic E-state index is 0. The molecule has 7 radical (unpaired) electrons. The van der Waals surface area contributed by atoms with Gasteiger partial charge in [-0.3, -0.25) is 0 Å². The van der Waals surface area contributed by atoms with Gasteiger partial charge in [0.25, 0.3) is 0 Å². The van der Waals surface area contributed by atoms with Gasteiger partial charge >= 0.3 is 25.8 Å². The minimum absolute atomic E-state index is 0. The Bertz CT molecular complexity index is 15.5. The third-order valence-corrected chi connectivity index (χ3v) is 0.556. The molecule has 0 aromatic heterocycles. The van der Waals surface area contributed by atoms with Gasteiger partial charge in [0.15, 0.2) is 0 Å². The van der Waals surface area contributed by atoms with Gasteiger partial charge in [-0.1, -0.05) is 0 Å². The third-order valence-electron chi connectivity index (χ3n) is 0.556. The standard InChI is InChI=1S/C5H5.In/c1-2-4-5-3-1;/h1-5H;/q;+1. The second kappa shape index (κ2) is 4.04. The van der Waals surface area contributed by atoms with Crippen molar-refractivity contribution >= 4 is 25.8 Å². The van der Waals surface area contributed by atoms with Crippen LogP contribution in [0.4, 0.5) is 0 Å². The molecule has 0 atom stereocenters. The molecule has 1 fully saturated rings. The molecule has 0 bridgehead atoms. The fraction of sp³-hybridized carbons (Fsp3) is 0. The van der Waals surface area contributed by atoms with Gasteiger partial charge in [-0.05, 0) is 32.1 Å². The van der Waals surface area contributed by atoms with Crippen LogP contribution in [0.3, 0.4) is 0 Å². The van der Waals surface area contributed by atoms with Crippen molar-refractivity contribution in [3.8, 4) is 0 Å². The summed E-state index contributed by atoms with van der Waals surface area (Å²) >= 11 is 0. The van der Waals surface area contributed by atoms with Crippen LogP contribution in [-0.2, 0) is 0 Å². The first-order valence-electron chi connectivity index (χ1n) is 1.67. The average Bonchev–Trinajstić information content (AvgIpc) is 1.76. The predicted octanol–water partition coefficient (Wildman–Crippen LogP) is 0.641. The summed E-state index contributed by atoms with van der Waals surface area (Å²) in [5.74, 6) is 0. The maximum absolute atomic E-state index is 2.00. The molecule has 0 amide bonds. The molecule has 0 aliphatic heterocycles. The molecule has 1 saturated carbocycles. The van der Waals surface area contributed by atoms with E-state index in [4.69, 9.17) is 0 Å². The number of hydrogen-bond acceptors (Lipinski definition) is 0. The first-order valence-corrected chi connectivity index (χ1v) is 1.67. The predicted molar refractivity (Wildman–Crippen MR) is 27.3 cm³/mol. The van der Waals surface area contributed by atoms with E-state index in [1.165, 1.54) is 0 Å². The fourth-order valence-corrected chi connectivity index (χ4v) is 0.321. The summed E-state index contributed by atoms with van der Waals surface area (Å²) < 4.78 is 0. The smallest absolute Gasteiger partial charge is 0.0312 e. The monoisotopic (exact) mass is 180 g/mol. The van der Waals surface area contributed by atoms with E-state index in [0.717, 1.165) is 0 Å². The molecule has 1 heteroatoms. The fourth-order valence-electron chi connectivity index (χ4n) is 0.321. The zero-order valence-corrected chi connectivity index (χ0v) is 6.76. The summed E-state index contributed by atoms with van der Waals surface area (Å²) in [4.78, 5) is 0. The zero-order valence-electron chi connectivity index (χ0n) is 3.46. The molecular formula is C5H5In+. The second-order valence-electron chi connectivity index (χ2n) is 0.962. The molecule has 6 heavy (non-hydrogen) atoms. The number of rotatable bonds is 0. The molecule has 0 nitrogen and oxygen atoms in total. The van der Waals surface area contributed by atoms with Gasteiger partial charge in [0.1, 0.15) is 0 Å². The Kier molecular flexibility index (Phi) is 4.63. The van der Waals surface area contributed by atoms with E-state index in [2.05, 4.69) is 0 Å². The van der Waals surface area contributed by atoms with Gasteiger partial charge < -0.3 is 0 Å². The summed E-state index contributed by atoms with van der Waals surface area (Å²) in [5, 5.41) is 0. The van der Waals surface area contributed by atoms with E-state index in [9.17, 15) is 0 Å². The maximum atomic E-state index is 2.00. The van der Waals surface area contributed by atoms with Gasteiger partial charge in [0.2, 0.25) is 0 Å². The van der Waals surface area contributed by atoms with E-state index in [1.807, 2.05) is 32.1 Å². The Morgan fingerprint density at radius 2 is 0.667 bits per heavy atom. The Labute approximate surface area is 58.1 Å². The molecule has 0 aromatic rings. The van der Waals surface area contributed by atoms with Crippen LogP contribution in [-0.4, -0.2) is 25.8 Å². The maximum Gasteiger partial charge on any atom is 1.00 e. The van der Waals surface area contributed by atoms with Gasteiger partial charge in [0, 0.05) is 0 Å². The summed E-state index contributed by atoms with van der Waals surface area (Å²) in [5.41, 5.74) is 0. The topological polar surface area (TPSA) is 0 Å². The first kappa shape index (κ1) is 6.87. The molecule has 0 saturated heterocycles.